The predicted molar refractivity (Wildman–Crippen MR) is 96.1 cm³/mol. The molecular weight excluding hydrogens is 300 g/mol. The summed E-state index contributed by atoms with van der Waals surface area (Å²) >= 11 is 0. The first-order chi connectivity index (χ1) is 11.6. The molecule has 0 spiro atoms. The molecule has 124 valence electrons. The van der Waals surface area contributed by atoms with Gasteiger partial charge in [-0.05, 0) is 37.1 Å². The van der Waals surface area contributed by atoms with Crippen molar-refractivity contribution in [2.24, 2.45) is 5.92 Å². The molecule has 4 nitrogen and oxygen atoms in total. The molecule has 0 unspecified atom stereocenters. The summed E-state index contributed by atoms with van der Waals surface area (Å²) in [4.78, 5) is 26.6. The fraction of sp³-hybridized carbons (Fsp3) is 0.300. The maximum atomic E-state index is 12.6. The SMILES string of the molecule is CCc1ccccc1NC(=O)[C@H]1CC(=O)N(c2ccc(C)cc2)C1. The minimum atomic E-state index is -0.316. The summed E-state index contributed by atoms with van der Waals surface area (Å²) in [6, 6.07) is 15.6. The van der Waals surface area contributed by atoms with Gasteiger partial charge in [-0.2, -0.15) is 0 Å². The average Bonchev–Trinajstić information content (AvgIpc) is 2.98. The molecule has 1 fully saturated rings. The van der Waals surface area contributed by atoms with Crippen molar-refractivity contribution in [1.82, 2.24) is 0 Å². The minimum absolute atomic E-state index is 0.00257. The molecule has 3 rings (SSSR count). The van der Waals surface area contributed by atoms with Gasteiger partial charge in [0.05, 0.1) is 5.92 Å². The molecule has 1 N–H and O–H groups in total. The maximum Gasteiger partial charge on any atom is 0.229 e. The van der Waals surface area contributed by atoms with Crippen molar-refractivity contribution in [2.75, 3.05) is 16.8 Å². The van der Waals surface area contributed by atoms with Crippen LogP contribution in [0.5, 0.6) is 0 Å². The molecule has 2 aromatic rings. The van der Waals surface area contributed by atoms with Gasteiger partial charge in [0.15, 0.2) is 0 Å². The van der Waals surface area contributed by atoms with Crippen LogP contribution in [0.1, 0.15) is 24.5 Å². The van der Waals surface area contributed by atoms with Crippen LogP contribution in [0, 0.1) is 12.8 Å². The molecule has 1 aliphatic rings. The highest BCUT2D eigenvalue weighted by molar-refractivity contribution is 6.03. The number of benzene rings is 2. The molecular formula is C20H22N2O2. The summed E-state index contributed by atoms with van der Waals surface area (Å²) in [7, 11) is 0. The van der Waals surface area contributed by atoms with E-state index in [9.17, 15) is 9.59 Å². The van der Waals surface area contributed by atoms with E-state index in [1.807, 2.05) is 55.5 Å². The van der Waals surface area contributed by atoms with Crippen LogP contribution in [0.3, 0.4) is 0 Å². The highest BCUT2D eigenvalue weighted by Gasteiger charge is 2.35. The van der Waals surface area contributed by atoms with Crippen LogP contribution in [0.25, 0.3) is 0 Å². The molecule has 0 aliphatic carbocycles. The second-order valence-corrected chi connectivity index (χ2v) is 6.24. The molecule has 24 heavy (non-hydrogen) atoms. The van der Waals surface area contributed by atoms with Crippen molar-refractivity contribution in [3.63, 3.8) is 0 Å². The van der Waals surface area contributed by atoms with Gasteiger partial charge in [-0.25, -0.2) is 0 Å². The van der Waals surface area contributed by atoms with Crippen LogP contribution in [0.2, 0.25) is 0 Å². The van der Waals surface area contributed by atoms with Crippen LogP contribution in [-0.4, -0.2) is 18.4 Å². The van der Waals surface area contributed by atoms with Gasteiger partial charge in [0.25, 0.3) is 0 Å². The Morgan fingerprint density at radius 1 is 1.17 bits per heavy atom. The Morgan fingerprint density at radius 3 is 2.58 bits per heavy atom. The number of hydrogen-bond donors (Lipinski definition) is 1. The van der Waals surface area contributed by atoms with Crippen LogP contribution < -0.4 is 10.2 Å². The van der Waals surface area contributed by atoms with Gasteiger partial charge in [0, 0.05) is 24.3 Å². The number of hydrogen-bond acceptors (Lipinski definition) is 2. The van der Waals surface area contributed by atoms with Gasteiger partial charge in [-0.3, -0.25) is 9.59 Å². The van der Waals surface area contributed by atoms with Crippen LogP contribution in [-0.2, 0) is 16.0 Å². The zero-order valence-electron chi connectivity index (χ0n) is 14.1. The lowest BCUT2D eigenvalue weighted by molar-refractivity contribution is -0.122. The minimum Gasteiger partial charge on any atom is -0.326 e. The molecule has 0 radical (unpaired) electrons. The van der Waals surface area contributed by atoms with Crippen molar-refractivity contribution in [3.8, 4) is 0 Å². The monoisotopic (exact) mass is 322 g/mol. The first-order valence-electron chi connectivity index (χ1n) is 8.34. The number of carbonyl (C=O) groups is 2. The molecule has 2 amide bonds. The zero-order valence-corrected chi connectivity index (χ0v) is 14.1. The van der Waals surface area contributed by atoms with Gasteiger partial charge >= 0.3 is 0 Å². The van der Waals surface area contributed by atoms with Crippen molar-refractivity contribution < 1.29 is 9.59 Å². The smallest absolute Gasteiger partial charge is 0.229 e. The molecule has 1 heterocycles. The highest BCUT2D eigenvalue weighted by Crippen LogP contribution is 2.27. The third-order valence-corrected chi connectivity index (χ3v) is 4.50. The maximum absolute atomic E-state index is 12.6. The number of aryl methyl sites for hydroxylation is 2. The second kappa shape index (κ2) is 6.87. The average molecular weight is 322 g/mol. The summed E-state index contributed by atoms with van der Waals surface area (Å²) in [5.74, 6) is -0.398. The van der Waals surface area contributed by atoms with Gasteiger partial charge in [0.2, 0.25) is 11.8 Å². The Hall–Kier alpha value is -2.62. The zero-order chi connectivity index (χ0) is 17.1. The largest absolute Gasteiger partial charge is 0.326 e. The van der Waals surface area contributed by atoms with Crippen molar-refractivity contribution >= 4 is 23.2 Å². The second-order valence-electron chi connectivity index (χ2n) is 6.24. The lowest BCUT2D eigenvalue weighted by atomic mass is 10.1. The topological polar surface area (TPSA) is 49.4 Å². The molecule has 1 saturated heterocycles. The number of nitrogens with zero attached hydrogens (tertiary/aromatic N) is 1. The lowest BCUT2D eigenvalue weighted by Gasteiger charge is -2.17. The fourth-order valence-electron chi connectivity index (χ4n) is 3.04. The summed E-state index contributed by atoms with van der Waals surface area (Å²) in [6.07, 6.45) is 1.11. The van der Waals surface area contributed by atoms with E-state index in [0.29, 0.717) is 6.54 Å². The summed E-state index contributed by atoms with van der Waals surface area (Å²) in [6.45, 7) is 4.50. The van der Waals surface area contributed by atoms with E-state index in [-0.39, 0.29) is 24.2 Å². The number of rotatable bonds is 4. The third kappa shape index (κ3) is 3.32. The predicted octanol–water partition coefficient (Wildman–Crippen LogP) is 3.55. The highest BCUT2D eigenvalue weighted by atomic mass is 16.2. The molecule has 0 aromatic heterocycles. The lowest BCUT2D eigenvalue weighted by Crippen LogP contribution is -2.28. The normalized spacial score (nSPS) is 17.2. The molecule has 0 bridgehead atoms. The quantitative estimate of drug-likeness (QED) is 0.936. The van der Waals surface area contributed by atoms with E-state index in [0.717, 1.165) is 28.9 Å². The van der Waals surface area contributed by atoms with Gasteiger partial charge in [-0.15, -0.1) is 0 Å². The van der Waals surface area contributed by atoms with Gasteiger partial charge < -0.3 is 10.2 Å². The van der Waals surface area contributed by atoms with Crippen molar-refractivity contribution in [3.05, 3.63) is 59.7 Å². The number of nitrogens with one attached hydrogen (secondary N) is 1. The van der Waals surface area contributed by atoms with Gasteiger partial charge in [-0.1, -0.05) is 42.8 Å². The third-order valence-electron chi connectivity index (χ3n) is 4.50. The van der Waals surface area contributed by atoms with E-state index >= 15 is 0 Å². The summed E-state index contributed by atoms with van der Waals surface area (Å²) in [5.41, 5.74) is 3.95. The number of carbonyl (C=O) groups excluding carboxylic acids is 2. The molecule has 1 atom stereocenters. The summed E-state index contributed by atoms with van der Waals surface area (Å²) in [5, 5.41) is 2.99. The van der Waals surface area contributed by atoms with Crippen LogP contribution >= 0.6 is 0 Å². The number of amides is 2. The molecule has 1 aliphatic heterocycles. The Kier molecular flexibility index (Phi) is 4.65. The van der Waals surface area contributed by atoms with Crippen LogP contribution in [0.15, 0.2) is 48.5 Å². The Bertz CT molecular complexity index is 752. The molecule has 4 heteroatoms. The van der Waals surface area contributed by atoms with Crippen molar-refractivity contribution in [2.45, 2.75) is 26.7 Å². The number of anilines is 2. The summed E-state index contributed by atoms with van der Waals surface area (Å²) < 4.78 is 0. The molecule has 2 aromatic carbocycles. The molecule has 0 saturated carbocycles. The Labute approximate surface area is 142 Å². The Morgan fingerprint density at radius 2 is 1.88 bits per heavy atom. The first-order valence-corrected chi connectivity index (χ1v) is 8.34. The fourth-order valence-corrected chi connectivity index (χ4v) is 3.04. The number of para-hydroxylation sites is 1. The van der Waals surface area contributed by atoms with Gasteiger partial charge in [0.1, 0.15) is 0 Å². The van der Waals surface area contributed by atoms with E-state index in [1.165, 1.54) is 0 Å². The first kappa shape index (κ1) is 16.2. The van der Waals surface area contributed by atoms with E-state index in [4.69, 9.17) is 0 Å². The Balaban J connectivity index is 1.71. The standard InChI is InChI=1S/C20H22N2O2/c1-3-15-6-4-5-7-18(15)21-20(24)16-12-19(23)22(13-16)17-10-8-14(2)9-11-17/h4-11,16H,3,12-13H2,1-2H3,(H,21,24)/t16-/m0/s1. The van der Waals surface area contributed by atoms with Crippen LogP contribution in [0.4, 0.5) is 11.4 Å². The van der Waals surface area contributed by atoms with E-state index in [1.54, 1.807) is 4.90 Å². The van der Waals surface area contributed by atoms with Crippen molar-refractivity contribution in [1.29, 1.82) is 0 Å². The van der Waals surface area contributed by atoms with E-state index in [2.05, 4.69) is 12.2 Å². The van der Waals surface area contributed by atoms with E-state index < -0.39 is 0 Å².